The maximum atomic E-state index is 5.63. The quantitative estimate of drug-likeness (QED) is 0.720. The lowest BCUT2D eigenvalue weighted by Crippen LogP contribution is -2.53. The van der Waals surface area contributed by atoms with Crippen molar-refractivity contribution in [2.45, 2.75) is 26.3 Å². The molecule has 0 radical (unpaired) electrons. The van der Waals surface area contributed by atoms with Crippen LogP contribution >= 0.6 is 0 Å². The van der Waals surface area contributed by atoms with Gasteiger partial charge in [0.2, 0.25) is 0 Å². The molecule has 14 heavy (non-hydrogen) atoms. The minimum atomic E-state index is 0.720. The molecule has 1 atom stereocenters. The van der Waals surface area contributed by atoms with Crippen molar-refractivity contribution in [3.8, 4) is 0 Å². The average Bonchev–Trinajstić information content (AvgIpc) is 2.09. The summed E-state index contributed by atoms with van der Waals surface area (Å²) in [5.74, 6) is 0.784. The number of hydrogen-bond donors (Lipinski definition) is 1. The summed E-state index contributed by atoms with van der Waals surface area (Å²) in [6.45, 7) is 10.0. The third-order valence-corrected chi connectivity index (χ3v) is 2.97. The summed E-state index contributed by atoms with van der Waals surface area (Å²) in [6.07, 6.45) is 1.30. The van der Waals surface area contributed by atoms with E-state index in [4.69, 9.17) is 5.73 Å². The molecule has 84 valence electrons. The molecular weight excluding hydrogens is 174 g/mol. The number of nitrogens with zero attached hydrogens (tertiary/aromatic N) is 2. The molecule has 0 bridgehead atoms. The second-order valence-electron chi connectivity index (χ2n) is 4.87. The van der Waals surface area contributed by atoms with E-state index in [0.29, 0.717) is 0 Å². The summed E-state index contributed by atoms with van der Waals surface area (Å²) < 4.78 is 0. The third-order valence-electron chi connectivity index (χ3n) is 2.97. The van der Waals surface area contributed by atoms with Gasteiger partial charge in [0.15, 0.2) is 0 Å². The molecular formula is C11H25N3. The van der Waals surface area contributed by atoms with Crippen molar-refractivity contribution in [1.29, 1.82) is 0 Å². The summed E-state index contributed by atoms with van der Waals surface area (Å²) in [5.41, 5.74) is 5.63. The Labute approximate surface area is 88.2 Å². The highest BCUT2D eigenvalue weighted by Gasteiger charge is 2.24. The Hall–Kier alpha value is -0.120. The van der Waals surface area contributed by atoms with Crippen LogP contribution in [0.15, 0.2) is 0 Å². The van der Waals surface area contributed by atoms with Gasteiger partial charge in [-0.1, -0.05) is 13.8 Å². The minimum Gasteiger partial charge on any atom is -0.329 e. The third kappa shape index (κ3) is 3.56. The predicted octanol–water partition coefficient (Wildman–Crippen LogP) is 0.607. The van der Waals surface area contributed by atoms with E-state index >= 15 is 0 Å². The molecule has 1 aliphatic heterocycles. The first kappa shape index (κ1) is 12.0. The Morgan fingerprint density at radius 3 is 2.64 bits per heavy atom. The van der Waals surface area contributed by atoms with Crippen molar-refractivity contribution in [3.05, 3.63) is 0 Å². The fraction of sp³-hybridized carbons (Fsp3) is 1.00. The Morgan fingerprint density at radius 2 is 2.07 bits per heavy atom. The first-order valence-electron chi connectivity index (χ1n) is 5.76. The van der Waals surface area contributed by atoms with Gasteiger partial charge in [-0.25, -0.2) is 0 Å². The van der Waals surface area contributed by atoms with Gasteiger partial charge in [0.25, 0.3) is 0 Å². The molecule has 1 unspecified atom stereocenters. The molecule has 0 aromatic rings. The molecule has 0 aromatic carbocycles. The zero-order valence-corrected chi connectivity index (χ0v) is 9.87. The normalized spacial score (nSPS) is 25.9. The Balaban J connectivity index is 2.45. The van der Waals surface area contributed by atoms with Crippen LogP contribution in [0.2, 0.25) is 0 Å². The number of likely N-dealkylation sites (N-methyl/N-ethyl adjacent to an activating group) is 1. The largest absolute Gasteiger partial charge is 0.329 e. The lowest BCUT2D eigenvalue weighted by Gasteiger charge is -2.40. The maximum Gasteiger partial charge on any atom is 0.0226 e. The highest BCUT2D eigenvalue weighted by Crippen LogP contribution is 2.15. The van der Waals surface area contributed by atoms with Crippen LogP contribution in [0.5, 0.6) is 0 Å². The van der Waals surface area contributed by atoms with Crippen LogP contribution in [0.4, 0.5) is 0 Å². The maximum absolute atomic E-state index is 5.63. The first-order chi connectivity index (χ1) is 6.63. The van der Waals surface area contributed by atoms with Gasteiger partial charge >= 0.3 is 0 Å². The van der Waals surface area contributed by atoms with Gasteiger partial charge in [0.1, 0.15) is 0 Å². The lowest BCUT2D eigenvalue weighted by atomic mass is 10.0. The van der Waals surface area contributed by atoms with Crippen LogP contribution in [0, 0.1) is 5.92 Å². The highest BCUT2D eigenvalue weighted by atomic mass is 15.3. The van der Waals surface area contributed by atoms with Gasteiger partial charge in [-0.15, -0.1) is 0 Å². The van der Waals surface area contributed by atoms with Gasteiger partial charge in [-0.05, 0) is 19.4 Å². The summed E-state index contributed by atoms with van der Waals surface area (Å²) in [7, 11) is 2.22. The second kappa shape index (κ2) is 5.69. The molecule has 3 heteroatoms. The number of rotatable bonds is 4. The van der Waals surface area contributed by atoms with Crippen LogP contribution in [0.1, 0.15) is 20.3 Å². The van der Waals surface area contributed by atoms with E-state index in [1.54, 1.807) is 0 Å². The summed E-state index contributed by atoms with van der Waals surface area (Å²) in [4.78, 5) is 4.99. The monoisotopic (exact) mass is 199 g/mol. The highest BCUT2D eigenvalue weighted by molar-refractivity contribution is 4.81. The van der Waals surface area contributed by atoms with Crippen molar-refractivity contribution >= 4 is 0 Å². The van der Waals surface area contributed by atoms with Crippen molar-refractivity contribution in [2.75, 3.05) is 39.8 Å². The van der Waals surface area contributed by atoms with Crippen LogP contribution in [-0.4, -0.2) is 55.6 Å². The van der Waals surface area contributed by atoms with Gasteiger partial charge in [-0.3, -0.25) is 4.90 Å². The molecule has 2 N–H and O–H groups in total. The number of piperazine rings is 1. The summed E-state index contributed by atoms with van der Waals surface area (Å²) >= 11 is 0. The Bertz CT molecular complexity index is 157. The number of hydrogen-bond acceptors (Lipinski definition) is 3. The molecule has 0 saturated carbocycles. The minimum absolute atomic E-state index is 0.720. The predicted molar refractivity (Wildman–Crippen MR) is 61.4 cm³/mol. The molecule has 3 nitrogen and oxygen atoms in total. The smallest absolute Gasteiger partial charge is 0.0226 e. The van der Waals surface area contributed by atoms with E-state index in [1.807, 2.05) is 0 Å². The SMILES string of the molecule is CC(C)CC1CN(C)CCN1CCN. The van der Waals surface area contributed by atoms with Crippen molar-refractivity contribution in [2.24, 2.45) is 11.7 Å². The molecule has 0 aromatic heterocycles. The first-order valence-corrected chi connectivity index (χ1v) is 5.76. The summed E-state index contributed by atoms with van der Waals surface area (Å²) in [5, 5.41) is 0. The van der Waals surface area contributed by atoms with Gasteiger partial charge in [0.05, 0.1) is 0 Å². The van der Waals surface area contributed by atoms with Gasteiger partial charge in [0, 0.05) is 38.8 Å². The molecule has 0 amide bonds. The zero-order chi connectivity index (χ0) is 10.6. The van der Waals surface area contributed by atoms with E-state index in [9.17, 15) is 0 Å². The number of nitrogens with two attached hydrogens (primary N) is 1. The molecule has 0 aliphatic carbocycles. The van der Waals surface area contributed by atoms with Gasteiger partial charge < -0.3 is 10.6 Å². The molecule has 1 fully saturated rings. The van der Waals surface area contributed by atoms with Crippen molar-refractivity contribution in [3.63, 3.8) is 0 Å². The topological polar surface area (TPSA) is 32.5 Å². The lowest BCUT2D eigenvalue weighted by molar-refractivity contribution is 0.0800. The standard InChI is InChI=1S/C11H25N3/c1-10(2)8-11-9-13(3)6-7-14(11)5-4-12/h10-11H,4-9,12H2,1-3H3. The zero-order valence-electron chi connectivity index (χ0n) is 9.87. The van der Waals surface area contributed by atoms with E-state index in [1.165, 1.54) is 26.1 Å². The average molecular weight is 199 g/mol. The van der Waals surface area contributed by atoms with Crippen LogP contribution < -0.4 is 5.73 Å². The van der Waals surface area contributed by atoms with Crippen LogP contribution in [0.25, 0.3) is 0 Å². The molecule has 0 spiro atoms. The summed E-state index contributed by atoms with van der Waals surface area (Å²) in [6, 6.07) is 0.720. The van der Waals surface area contributed by atoms with Gasteiger partial charge in [-0.2, -0.15) is 0 Å². The molecule has 1 aliphatic rings. The molecule has 1 saturated heterocycles. The fourth-order valence-corrected chi connectivity index (χ4v) is 2.28. The van der Waals surface area contributed by atoms with Crippen molar-refractivity contribution < 1.29 is 0 Å². The Morgan fingerprint density at radius 1 is 1.36 bits per heavy atom. The van der Waals surface area contributed by atoms with E-state index in [0.717, 1.165) is 25.0 Å². The van der Waals surface area contributed by atoms with Crippen molar-refractivity contribution in [1.82, 2.24) is 9.80 Å². The van der Waals surface area contributed by atoms with E-state index in [2.05, 4.69) is 30.7 Å². The second-order valence-corrected chi connectivity index (χ2v) is 4.87. The van der Waals surface area contributed by atoms with E-state index < -0.39 is 0 Å². The Kier molecular flexibility index (Phi) is 4.85. The van der Waals surface area contributed by atoms with Crippen LogP contribution in [0.3, 0.4) is 0 Å². The van der Waals surface area contributed by atoms with Crippen LogP contribution in [-0.2, 0) is 0 Å². The molecule has 1 rings (SSSR count). The van der Waals surface area contributed by atoms with E-state index in [-0.39, 0.29) is 0 Å². The fourth-order valence-electron chi connectivity index (χ4n) is 2.28. The molecule has 1 heterocycles.